The second kappa shape index (κ2) is 7.80. The molecular formula is C19H14BrFN2OS. The van der Waals surface area contributed by atoms with Crippen LogP contribution in [0.4, 0.5) is 10.1 Å². The van der Waals surface area contributed by atoms with E-state index in [0.717, 1.165) is 10.0 Å². The van der Waals surface area contributed by atoms with Crippen molar-refractivity contribution in [2.75, 3.05) is 10.7 Å². The van der Waals surface area contributed by atoms with Crippen LogP contribution in [0.2, 0.25) is 0 Å². The predicted molar refractivity (Wildman–Crippen MR) is 106 cm³/mol. The fourth-order valence-electron chi connectivity index (χ4n) is 2.26. The van der Waals surface area contributed by atoms with Gasteiger partial charge in [0.25, 0.3) is 5.91 Å². The number of carbonyl (C=O) groups is 1. The molecule has 0 N–H and O–H groups in total. The van der Waals surface area contributed by atoms with E-state index in [1.807, 2.05) is 30.3 Å². The summed E-state index contributed by atoms with van der Waals surface area (Å²) in [6, 6.07) is 15.3. The number of halogens is 2. The van der Waals surface area contributed by atoms with Gasteiger partial charge in [-0.1, -0.05) is 64.6 Å². The summed E-state index contributed by atoms with van der Waals surface area (Å²) in [6.45, 7) is 3.80. The summed E-state index contributed by atoms with van der Waals surface area (Å²) in [4.78, 5) is 18.8. The minimum Gasteiger partial charge on any atom is -0.266 e. The highest BCUT2D eigenvalue weighted by Gasteiger charge is 2.31. The summed E-state index contributed by atoms with van der Waals surface area (Å²) in [5, 5.41) is 0.541. The minimum absolute atomic E-state index is 0.238. The zero-order valence-electron chi connectivity index (χ0n) is 13.2. The summed E-state index contributed by atoms with van der Waals surface area (Å²) in [5.74, 6) is -0.0174. The molecule has 2 aromatic rings. The van der Waals surface area contributed by atoms with Crippen LogP contribution in [0.15, 0.2) is 76.3 Å². The molecule has 0 aliphatic carbocycles. The Bertz CT molecular complexity index is 863. The Morgan fingerprint density at radius 3 is 2.52 bits per heavy atom. The van der Waals surface area contributed by atoms with Gasteiger partial charge in [0.05, 0.1) is 5.69 Å². The first kappa shape index (κ1) is 17.6. The van der Waals surface area contributed by atoms with Crippen molar-refractivity contribution in [3.8, 4) is 0 Å². The van der Waals surface area contributed by atoms with E-state index in [9.17, 15) is 9.18 Å². The number of carbonyl (C=O) groups excluding carboxylic acids is 1. The third-order valence-corrected chi connectivity index (χ3v) is 5.05. The van der Waals surface area contributed by atoms with Crippen molar-refractivity contribution in [3.63, 3.8) is 0 Å². The molecule has 1 amide bonds. The molecule has 0 fully saturated rings. The van der Waals surface area contributed by atoms with E-state index in [4.69, 9.17) is 0 Å². The maximum Gasteiger partial charge on any atom is 0.283 e. The molecule has 6 heteroatoms. The van der Waals surface area contributed by atoms with Crippen molar-refractivity contribution in [3.05, 3.63) is 82.7 Å². The lowest BCUT2D eigenvalue weighted by Gasteiger charge is -2.17. The Kier molecular flexibility index (Phi) is 5.50. The van der Waals surface area contributed by atoms with E-state index in [1.54, 1.807) is 18.2 Å². The average Bonchev–Trinajstić information content (AvgIpc) is 2.91. The zero-order valence-corrected chi connectivity index (χ0v) is 15.6. The number of benzene rings is 2. The number of rotatable bonds is 4. The van der Waals surface area contributed by atoms with E-state index in [-0.39, 0.29) is 11.7 Å². The number of amides is 1. The molecule has 0 saturated carbocycles. The molecule has 1 aliphatic heterocycles. The topological polar surface area (TPSA) is 32.7 Å². The van der Waals surface area contributed by atoms with Crippen molar-refractivity contribution in [2.45, 2.75) is 0 Å². The Labute approximate surface area is 158 Å². The lowest BCUT2D eigenvalue weighted by molar-refractivity contribution is -0.113. The van der Waals surface area contributed by atoms with E-state index < -0.39 is 0 Å². The molecule has 0 spiro atoms. The van der Waals surface area contributed by atoms with Gasteiger partial charge in [0.1, 0.15) is 11.5 Å². The van der Waals surface area contributed by atoms with Gasteiger partial charge in [0, 0.05) is 5.75 Å². The fourth-order valence-corrected chi connectivity index (χ4v) is 3.37. The maximum atomic E-state index is 13.2. The van der Waals surface area contributed by atoms with Gasteiger partial charge >= 0.3 is 0 Å². The largest absolute Gasteiger partial charge is 0.283 e. The summed E-state index contributed by atoms with van der Waals surface area (Å²) < 4.78 is 14.0. The lowest BCUT2D eigenvalue weighted by atomic mass is 10.2. The summed E-state index contributed by atoms with van der Waals surface area (Å²) in [6.07, 6.45) is 1.75. The van der Waals surface area contributed by atoms with Crippen LogP contribution in [0, 0.1) is 5.82 Å². The van der Waals surface area contributed by atoms with Gasteiger partial charge < -0.3 is 0 Å². The fraction of sp³-hybridized carbons (Fsp3) is 0.0526. The molecule has 1 aliphatic rings. The smallest absolute Gasteiger partial charge is 0.266 e. The molecule has 0 radical (unpaired) electrons. The molecule has 0 atom stereocenters. The van der Waals surface area contributed by atoms with Crippen LogP contribution < -0.4 is 4.90 Å². The normalized spacial score (nSPS) is 15.6. The first-order chi connectivity index (χ1) is 12.0. The van der Waals surface area contributed by atoms with Gasteiger partial charge in [-0.15, -0.1) is 0 Å². The molecule has 3 nitrogen and oxygen atoms in total. The number of anilines is 1. The molecule has 0 unspecified atom stereocenters. The molecule has 0 aromatic heterocycles. The van der Waals surface area contributed by atoms with Gasteiger partial charge in [0.15, 0.2) is 5.17 Å². The van der Waals surface area contributed by atoms with Crippen molar-refractivity contribution in [1.29, 1.82) is 0 Å². The number of amidine groups is 1. The average molecular weight is 417 g/mol. The second-order valence-electron chi connectivity index (χ2n) is 5.26. The van der Waals surface area contributed by atoms with Crippen LogP contribution in [0.25, 0.3) is 6.08 Å². The molecule has 25 heavy (non-hydrogen) atoms. The molecular weight excluding hydrogens is 403 g/mol. The number of nitrogens with zero attached hydrogens (tertiary/aromatic N) is 2. The first-order valence-corrected chi connectivity index (χ1v) is 9.24. The Hall–Kier alpha value is -2.18. The monoisotopic (exact) mass is 416 g/mol. The summed E-state index contributed by atoms with van der Waals surface area (Å²) >= 11 is 4.70. The molecule has 0 saturated heterocycles. The maximum absolute atomic E-state index is 13.2. The molecule has 126 valence electrons. The molecule has 3 rings (SSSR count). The minimum atomic E-state index is -0.351. The van der Waals surface area contributed by atoms with Crippen LogP contribution in [0.3, 0.4) is 0 Å². The molecule has 1 heterocycles. The van der Waals surface area contributed by atoms with Crippen molar-refractivity contribution < 1.29 is 9.18 Å². The standard InChI is InChI=1S/C19H14BrFN2OS/c1-13(20)12-25-19-22-17(11-14-5-3-2-4-6-14)18(24)23(19)16-9-7-15(21)8-10-16/h2-11H,1,12H2/b17-11-. The number of thioether (sulfide) groups is 1. The zero-order chi connectivity index (χ0) is 17.8. The summed E-state index contributed by atoms with van der Waals surface area (Å²) in [7, 11) is 0. The van der Waals surface area contributed by atoms with Crippen LogP contribution in [0.5, 0.6) is 0 Å². The van der Waals surface area contributed by atoms with E-state index in [2.05, 4.69) is 27.5 Å². The van der Waals surface area contributed by atoms with Crippen molar-refractivity contribution in [2.24, 2.45) is 4.99 Å². The van der Waals surface area contributed by atoms with E-state index in [0.29, 0.717) is 22.3 Å². The highest BCUT2D eigenvalue weighted by molar-refractivity contribution is 9.11. The predicted octanol–water partition coefficient (Wildman–Crippen LogP) is 5.21. The number of hydrogen-bond donors (Lipinski definition) is 0. The van der Waals surface area contributed by atoms with E-state index >= 15 is 0 Å². The van der Waals surface area contributed by atoms with Gasteiger partial charge in [-0.25, -0.2) is 9.38 Å². The number of aliphatic imine (C=N–C) groups is 1. The lowest BCUT2D eigenvalue weighted by Crippen LogP contribution is -2.30. The van der Waals surface area contributed by atoms with Gasteiger partial charge in [-0.3, -0.25) is 9.69 Å². The Balaban J connectivity index is 1.97. The van der Waals surface area contributed by atoms with Crippen molar-refractivity contribution in [1.82, 2.24) is 0 Å². The molecule has 0 bridgehead atoms. The van der Waals surface area contributed by atoms with Crippen LogP contribution in [0.1, 0.15) is 5.56 Å². The van der Waals surface area contributed by atoms with Gasteiger partial charge in [0.2, 0.25) is 0 Å². The van der Waals surface area contributed by atoms with E-state index in [1.165, 1.54) is 28.8 Å². The van der Waals surface area contributed by atoms with Crippen molar-refractivity contribution >= 4 is 50.5 Å². The molecule has 2 aromatic carbocycles. The highest BCUT2D eigenvalue weighted by Crippen LogP contribution is 2.30. The Morgan fingerprint density at radius 2 is 1.88 bits per heavy atom. The SMILES string of the molecule is C=C(Br)CSC1=N/C(=C\c2ccccc2)C(=O)N1c1ccc(F)cc1. The third kappa shape index (κ3) is 4.27. The van der Waals surface area contributed by atoms with Crippen LogP contribution in [-0.2, 0) is 4.79 Å². The first-order valence-electron chi connectivity index (χ1n) is 7.46. The van der Waals surface area contributed by atoms with Gasteiger partial charge in [-0.2, -0.15) is 0 Å². The summed E-state index contributed by atoms with van der Waals surface area (Å²) in [5.41, 5.74) is 1.82. The Morgan fingerprint density at radius 1 is 1.20 bits per heavy atom. The highest BCUT2D eigenvalue weighted by atomic mass is 79.9. The number of hydrogen-bond acceptors (Lipinski definition) is 3. The van der Waals surface area contributed by atoms with Crippen LogP contribution in [-0.4, -0.2) is 16.8 Å². The third-order valence-electron chi connectivity index (χ3n) is 3.38. The second-order valence-corrected chi connectivity index (χ2v) is 7.32. The van der Waals surface area contributed by atoms with Crippen LogP contribution >= 0.6 is 27.7 Å². The quantitative estimate of drug-likeness (QED) is 0.640. The van der Waals surface area contributed by atoms with Gasteiger partial charge in [-0.05, 0) is 40.4 Å².